The minimum atomic E-state index is -0.324. The van der Waals surface area contributed by atoms with E-state index in [1.807, 2.05) is 0 Å². The number of carbonyl (C=O) groups excluding carboxylic acids is 2. The van der Waals surface area contributed by atoms with Crippen molar-refractivity contribution >= 4 is 17.4 Å². The van der Waals surface area contributed by atoms with Gasteiger partial charge >= 0.3 is 0 Å². The Kier molecular flexibility index (Phi) is 5.92. The maximum atomic E-state index is 12.8. The number of nitrogens with one attached hydrogen (secondary N) is 2. The minimum absolute atomic E-state index is 0.0208. The van der Waals surface area contributed by atoms with Gasteiger partial charge in [-0.15, -0.1) is 0 Å². The molecule has 0 aromatic carbocycles. The third-order valence-electron chi connectivity index (χ3n) is 5.61. The zero-order chi connectivity index (χ0) is 20.2. The van der Waals surface area contributed by atoms with Crippen LogP contribution >= 0.6 is 0 Å². The molecule has 29 heavy (non-hydrogen) atoms. The molecule has 1 aliphatic carbocycles. The molecule has 3 heterocycles. The van der Waals surface area contributed by atoms with E-state index in [1.54, 1.807) is 24.7 Å². The van der Waals surface area contributed by atoms with Crippen LogP contribution in [0.3, 0.4) is 0 Å². The van der Waals surface area contributed by atoms with Crippen LogP contribution in [0.25, 0.3) is 0 Å². The Morgan fingerprint density at radius 2 is 2.10 bits per heavy atom. The molecule has 2 aromatic heterocycles. The number of hydrogen-bond acceptors (Lipinski definition) is 6. The molecular weight excluding hydrogens is 370 g/mol. The first-order chi connectivity index (χ1) is 14.1. The number of Topliss-reactive ketones (excluding diaryl/α,β-unsaturated/α-hetero) is 1. The number of pyridine rings is 1. The molecule has 0 atom stereocenters. The number of nitrogens with zero attached hydrogens (tertiary/aromatic N) is 3. The van der Waals surface area contributed by atoms with Crippen LogP contribution in [0.2, 0.25) is 0 Å². The van der Waals surface area contributed by atoms with Crippen LogP contribution in [0.5, 0.6) is 5.75 Å². The maximum absolute atomic E-state index is 12.8. The van der Waals surface area contributed by atoms with Crippen molar-refractivity contribution in [3.63, 3.8) is 0 Å². The SMILES string of the molecule is CN1CCN(CCOc2ccncc2NC(=O)c2c[nH]c3c2C(=O)CCC3)CC1. The van der Waals surface area contributed by atoms with Crippen LogP contribution < -0.4 is 10.1 Å². The molecule has 4 rings (SSSR count). The van der Waals surface area contributed by atoms with Gasteiger partial charge in [-0.25, -0.2) is 0 Å². The van der Waals surface area contributed by atoms with Crippen LogP contribution in [-0.4, -0.2) is 77.8 Å². The predicted octanol–water partition coefficient (Wildman–Crippen LogP) is 1.81. The number of piperazine rings is 1. The van der Waals surface area contributed by atoms with Gasteiger partial charge in [0.2, 0.25) is 0 Å². The number of aromatic amines is 1. The monoisotopic (exact) mass is 397 g/mol. The van der Waals surface area contributed by atoms with E-state index < -0.39 is 0 Å². The van der Waals surface area contributed by atoms with E-state index in [9.17, 15) is 9.59 Å². The summed E-state index contributed by atoms with van der Waals surface area (Å²) in [5, 5.41) is 2.86. The summed E-state index contributed by atoms with van der Waals surface area (Å²) in [7, 11) is 2.13. The zero-order valence-corrected chi connectivity index (χ0v) is 16.7. The Morgan fingerprint density at radius 1 is 1.28 bits per heavy atom. The molecule has 8 nitrogen and oxygen atoms in total. The van der Waals surface area contributed by atoms with E-state index in [4.69, 9.17) is 4.74 Å². The highest BCUT2D eigenvalue weighted by molar-refractivity contribution is 6.13. The molecular formula is C21H27N5O3. The second-order valence-corrected chi connectivity index (χ2v) is 7.65. The molecule has 2 N–H and O–H groups in total. The number of anilines is 1. The van der Waals surface area contributed by atoms with Crippen molar-refractivity contribution in [2.45, 2.75) is 19.3 Å². The summed E-state index contributed by atoms with van der Waals surface area (Å²) in [4.78, 5) is 36.9. The molecule has 0 unspecified atom stereocenters. The van der Waals surface area contributed by atoms with E-state index >= 15 is 0 Å². The number of ketones is 1. The Labute approximate surface area is 170 Å². The summed E-state index contributed by atoms with van der Waals surface area (Å²) >= 11 is 0. The van der Waals surface area contributed by atoms with Gasteiger partial charge in [-0.2, -0.15) is 0 Å². The van der Waals surface area contributed by atoms with Gasteiger partial charge < -0.3 is 19.9 Å². The van der Waals surface area contributed by atoms with E-state index in [1.165, 1.54) is 0 Å². The van der Waals surface area contributed by atoms with Crippen LogP contribution in [0.1, 0.15) is 39.3 Å². The number of aryl methyl sites for hydroxylation is 1. The third-order valence-corrected chi connectivity index (χ3v) is 5.61. The average Bonchev–Trinajstić information content (AvgIpc) is 3.16. The van der Waals surface area contributed by atoms with Gasteiger partial charge in [-0.1, -0.05) is 0 Å². The number of H-pyrrole nitrogens is 1. The first-order valence-corrected chi connectivity index (χ1v) is 10.1. The van der Waals surface area contributed by atoms with Gasteiger partial charge in [0.05, 0.1) is 17.3 Å². The second-order valence-electron chi connectivity index (χ2n) is 7.65. The number of ether oxygens (including phenoxy) is 1. The molecule has 1 amide bonds. The fourth-order valence-corrected chi connectivity index (χ4v) is 3.86. The number of carbonyl (C=O) groups is 2. The van der Waals surface area contributed by atoms with Crippen LogP contribution in [-0.2, 0) is 6.42 Å². The summed E-state index contributed by atoms with van der Waals surface area (Å²) in [6, 6.07) is 1.75. The van der Waals surface area contributed by atoms with Crippen LogP contribution in [0.15, 0.2) is 24.7 Å². The van der Waals surface area contributed by atoms with Crippen molar-refractivity contribution in [1.82, 2.24) is 19.8 Å². The van der Waals surface area contributed by atoms with Crippen molar-refractivity contribution in [2.75, 3.05) is 51.7 Å². The largest absolute Gasteiger partial charge is 0.490 e. The maximum Gasteiger partial charge on any atom is 0.258 e. The summed E-state index contributed by atoms with van der Waals surface area (Å²) < 4.78 is 5.93. The number of likely N-dealkylation sites (N-methyl/N-ethyl adjacent to an activating group) is 1. The molecule has 2 aliphatic rings. The minimum Gasteiger partial charge on any atom is -0.490 e. The Hall–Kier alpha value is -2.71. The lowest BCUT2D eigenvalue weighted by atomic mass is 9.93. The van der Waals surface area contributed by atoms with Gasteiger partial charge in [0.25, 0.3) is 5.91 Å². The molecule has 0 bridgehead atoms. The fourth-order valence-electron chi connectivity index (χ4n) is 3.86. The van der Waals surface area contributed by atoms with Crippen LogP contribution in [0.4, 0.5) is 5.69 Å². The Bertz CT molecular complexity index is 886. The van der Waals surface area contributed by atoms with Crippen molar-refractivity contribution in [3.8, 4) is 5.75 Å². The molecule has 2 aromatic rings. The van der Waals surface area contributed by atoms with Gasteiger partial charge in [-0.3, -0.25) is 19.5 Å². The molecule has 154 valence electrons. The molecule has 0 saturated carbocycles. The van der Waals surface area contributed by atoms with E-state index in [2.05, 4.69) is 32.1 Å². The lowest BCUT2D eigenvalue weighted by molar-refractivity contribution is 0.0956. The standard InChI is InChI=1S/C21H27N5O3/c1-25-7-9-26(10-8-25)11-12-29-19-5-6-22-14-17(19)24-21(28)15-13-23-16-3-2-4-18(27)20(15)16/h5-6,13-14,23H,2-4,7-12H2,1H3,(H,24,28). The highest BCUT2D eigenvalue weighted by Crippen LogP contribution is 2.27. The molecule has 8 heteroatoms. The summed E-state index contributed by atoms with van der Waals surface area (Å²) in [6.45, 7) is 5.57. The second kappa shape index (κ2) is 8.75. The molecule has 1 saturated heterocycles. The van der Waals surface area contributed by atoms with Gasteiger partial charge in [0, 0.05) is 63.3 Å². The first-order valence-electron chi connectivity index (χ1n) is 10.1. The van der Waals surface area contributed by atoms with Crippen LogP contribution in [0, 0.1) is 0 Å². The number of rotatable bonds is 6. The van der Waals surface area contributed by atoms with Crippen molar-refractivity contribution < 1.29 is 14.3 Å². The number of fused-ring (bicyclic) bond motifs is 1. The molecule has 1 fully saturated rings. The van der Waals surface area contributed by atoms with E-state index in [0.29, 0.717) is 35.6 Å². The summed E-state index contributed by atoms with van der Waals surface area (Å²) in [5.74, 6) is 0.278. The molecule has 1 aliphatic heterocycles. The Morgan fingerprint density at radius 3 is 2.93 bits per heavy atom. The summed E-state index contributed by atoms with van der Waals surface area (Å²) in [5.41, 5.74) is 2.27. The number of amides is 1. The number of aromatic nitrogens is 2. The van der Waals surface area contributed by atoms with Gasteiger partial charge in [0.15, 0.2) is 5.78 Å². The highest BCUT2D eigenvalue weighted by atomic mass is 16.5. The fraction of sp³-hybridized carbons (Fsp3) is 0.476. The third kappa shape index (κ3) is 4.49. The molecule has 0 radical (unpaired) electrons. The zero-order valence-electron chi connectivity index (χ0n) is 16.7. The lowest BCUT2D eigenvalue weighted by Crippen LogP contribution is -2.45. The normalized spacial score (nSPS) is 17.8. The predicted molar refractivity (Wildman–Crippen MR) is 110 cm³/mol. The molecule has 0 spiro atoms. The van der Waals surface area contributed by atoms with Crippen molar-refractivity contribution in [2.24, 2.45) is 0 Å². The van der Waals surface area contributed by atoms with Gasteiger partial charge in [0.1, 0.15) is 18.0 Å². The first kappa shape index (κ1) is 19.6. The van der Waals surface area contributed by atoms with E-state index in [0.717, 1.165) is 51.3 Å². The van der Waals surface area contributed by atoms with Gasteiger partial charge in [-0.05, 0) is 19.9 Å². The van der Waals surface area contributed by atoms with Crippen molar-refractivity contribution in [3.05, 3.63) is 41.5 Å². The quantitative estimate of drug-likeness (QED) is 0.773. The number of hydrogen-bond donors (Lipinski definition) is 2. The van der Waals surface area contributed by atoms with Crippen molar-refractivity contribution in [1.29, 1.82) is 0 Å². The highest BCUT2D eigenvalue weighted by Gasteiger charge is 2.26. The Balaban J connectivity index is 1.39. The topological polar surface area (TPSA) is 90.6 Å². The lowest BCUT2D eigenvalue weighted by Gasteiger charge is -2.32. The smallest absolute Gasteiger partial charge is 0.258 e. The van der Waals surface area contributed by atoms with E-state index in [-0.39, 0.29) is 11.7 Å². The summed E-state index contributed by atoms with van der Waals surface area (Å²) in [6.07, 6.45) is 6.93. The average molecular weight is 397 g/mol.